The van der Waals surface area contributed by atoms with Crippen LogP contribution in [0, 0.1) is 5.92 Å². The van der Waals surface area contributed by atoms with Gasteiger partial charge in [0.15, 0.2) is 0 Å². The Morgan fingerprint density at radius 3 is 2.70 bits per heavy atom. The van der Waals surface area contributed by atoms with E-state index in [9.17, 15) is 4.79 Å². The van der Waals surface area contributed by atoms with Crippen molar-refractivity contribution in [3.8, 4) is 0 Å². The molecule has 3 nitrogen and oxygen atoms in total. The number of nitrogens with one attached hydrogen (secondary N) is 1. The highest BCUT2D eigenvalue weighted by Gasteiger charge is 2.46. The first-order valence-electron chi connectivity index (χ1n) is 7.40. The predicted molar refractivity (Wildman–Crippen MR) is 81.0 cm³/mol. The first kappa shape index (κ1) is 13.9. The summed E-state index contributed by atoms with van der Waals surface area (Å²) in [4.78, 5) is 14.5. The quantitative estimate of drug-likeness (QED) is 0.929. The lowest BCUT2D eigenvalue weighted by molar-refractivity contribution is -0.133. The molecule has 1 saturated heterocycles. The van der Waals surface area contributed by atoms with Gasteiger partial charge in [-0.15, -0.1) is 0 Å². The Morgan fingerprint density at radius 2 is 2.00 bits per heavy atom. The molecule has 2 aliphatic rings. The SMILES string of the molecule is CN(C(=O)[C@@H]1C[C@@H]1c1ccccc1Cl)C1CCNCC1. The number of carbonyl (C=O) groups is 1. The molecule has 108 valence electrons. The summed E-state index contributed by atoms with van der Waals surface area (Å²) in [5.41, 5.74) is 1.13. The van der Waals surface area contributed by atoms with Crippen LogP contribution in [0.4, 0.5) is 0 Å². The van der Waals surface area contributed by atoms with Crippen molar-refractivity contribution in [3.05, 3.63) is 34.9 Å². The van der Waals surface area contributed by atoms with E-state index in [1.807, 2.05) is 36.2 Å². The van der Waals surface area contributed by atoms with Crippen LogP contribution >= 0.6 is 11.6 Å². The van der Waals surface area contributed by atoms with E-state index in [-0.39, 0.29) is 5.92 Å². The van der Waals surface area contributed by atoms with Crippen LogP contribution < -0.4 is 5.32 Å². The number of halogens is 1. The summed E-state index contributed by atoms with van der Waals surface area (Å²) in [5.74, 6) is 0.747. The van der Waals surface area contributed by atoms with E-state index in [0.717, 1.165) is 42.9 Å². The van der Waals surface area contributed by atoms with Gasteiger partial charge in [-0.3, -0.25) is 4.79 Å². The second-order valence-electron chi connectivity index (χ2n) is 5.90. The van der Waals surface area contributed by atoms with Gasteiger partial charge >= 0.3 is 0 Å². The van der Waals surface area contributed by atoms with E-state index in [2.05, 4.69) is 5.32 Å². The van der Waals surface area contributed by atoms with Crippen molar-refractivity contribution >= 4 is 17.5 Å². The lowest BCUT2D eigenvalue weighted by Crippen LogP contribution is -2.44. The van der Waals surface area contributed by atoms with Gasteiger partial charge in [0, 0.05) is 24.0 Å². The molecule has 1 saturated carbocycles. The van der Waals surface area contributed by atoms with E-state index < -0.39 is 0 Å². The third-order valence-corrected chi connectivity index (χ3v) is 4.96. The molecule has 0 unspecified atom stereocenters. The zero-order valence-electron chi connectivity index (χ0n) is 11.8. The Bertz CT molecular complexity index is 499. The maximum Gasteiger partial charge on any atom is 0.226 e. The summed E-state index contributed by atoms with van der Waals surface area (Å²) in [6.07, 6.45) is 3.06. The molecule has 20 heavy (non-hydrogen) atoms. The first-order chi connectivity index (χ1) is 9.68. The van der Waals surface area contributed by atoms with Crippen LogP contribution in [0.3, 0.4) is 0 Å². The van der Waals surface area contributed by atoms with Crippen LogP contribution in [0.1, 0.15) is 30.7 Å². The Balaban J connectivity index is 1.63. The average molecular weight is 293 g/mol. The van der Waals surface area contributed by atoms with Gasteiger partial charge in [-0.1, -0.05) is 29.8 Å². The van der Waals surface area contributed by atoms with Crippen molar-refractivity contribution in [3.63, 3.8) is 0 Å². The molecular formula is C16H21ClN2O. The van der Waals surface area contributed by atoms with Crippen molar-refractivity contribution < 1.29 is 4.79 Å². The maximum atomic E-state index is 12.6. The standard InChI is InChI=1S/C16H21ClN2O/c1-19(11-6-8-18-9-7-11)16(20)14-10-13(14)12-4-2-3-5-15(12)17/h2-5,11,13-14,18H,6-10H2,1H3/t13-,14-/m1/s1. The number of carbonyl (C=O) groups excluding carboxylic acids is 1. The molecule has 2 atom stereocenters. The van der Waals surface area contributed by atoms with Gasteiger partial charge in [0.2, 0.25) is 5.91 Å². The van der Waals surface area contributed by atoms with Crippen LogP contribution in [0.2, 0.25) is 5.02 Å². The number of hydrogen-bond acceptors (Lipinski definition) is 2. The molecule has 1 aromatic carbocycles. The van der Waals surface area contributed by atoms with Crippen LogP contribution in [0.15, 0.2) is 24.3 Å². The number of piperidine rings is 1. The van der Waals surface area contributed by atoms with Crippen LogP contribution in [-0.4, -0.2) is 37.0 Å². The zero-order chi connectivity index (χ0) is 14.1. The van der Waals surface area contributed by atoms with Gasteiger partial charge in [-0.05, 0) is 49.9 Å². The molecule has 1 N–H and O–H groups in total. The van der Waals surface area contributed by atoms with E-state index >= 15 is 0 Å². The molecule has 1 heterocycles. The smallest absolute Gasteiger partial charge is 0.226 e. The number of nitrogens with zero attached hydrogens (tertiary/aromatic N) is 1. The Labute approximate surface area is 125 Å². The molecule has 0 spiro atoms. The number of hydrogen-bond donors (Lipinski definition) is 1. The Kier molecular flexibility index (Phi) is 3.99. The monoisotopic (exact) mass is 292 g/mol. The van der Waals surface area contributed by atoms with Gasteiger partial charge in [0.25, 0.3) is 0 Å². The highest BCUT2D eigenvalue weighted by atomic mass is 35.5. The fraction of sp³-hybridized carbons (Fsp3) is 0.562. The van der Waals surface area contributed by atoms with E-state index in [0.29, 0.717) is 17.9 Å². The van der Waals surface area contributed by atoms with E-state index in [1.54, 1.807) is 0 Å². The molecule has 1 aromatic rings. The summed E-state index contributed by atoms with van der Waals surface area (Å²) in [6, 6.07) is 8.29. The third kappa shape index (κ3) is 2.70. The summed E-state index contributed by atoms with van der Waals surface area (Å²) in [7, 11) is 1.96. The molecule has 4 heteroatoms. The van der Waals surface area contributed by atoms with Crippen molar-refractivity contribution in [1.82, 2.24) is 10.2 Å². The normalized spacial score (nSPS) is 26.3. The molecule has 1 amide bonds. The second-order valence-corrected chi connectivity index (χ2v) is 6.31. The summed E-state index contributed by atoms with van der Waals surface area (Å²) in [5, 5.41) is 4.13. The van der Waals surface area contributed by atoms with Crippen molar-refractivity contribution in [1.29, 1.82) is 0 Å². The molecule has 1 aliphatic heterocycles. The molecule has 2 fully saturated rings. The number of rotatable bonds is 3. The zero-order valence-corrected chi connectivity index (χ0v) is 12.6. The fourth-order valence-electron chi connectivity index (χ4n) is 3.22. The molecule has 3 rings (SSSR count). The molecular weight excluding hydrogens is 272 g/mol. The molecule has 0 aromatic heterocycles. The second kappa shape index (κ2) is 5.74. The minimum absolute atomic E-state index is 0.134. The summed E-state index contributed by atoms with van der Waals surface area (Å²) in [6.45, 7) is 2.03. The molecule has 0 radical (unpaired) electrons. The van der Waals surface area contributed by atoms with Crippen LogP contribution in [-0.2, 0) is 4.79 Å². The number of amides is 1. The Morgan fingerprint density at radius 1 is 1.30 bits per heavy atom. The van der Waals surface area contributed by atoms with Crippen molar-refractivity contribution in [2.24, 2.45) is 5.92 Å². The molecule has 0 bridgehead atoms. The average Bonchev–Trinajstić information content (AvgIpc) is 3.27. The molecule has 1 aliphatic carbocycles. The summed E-state index contributed by atoms with van der Waals surface area (Å²) >= 11 is 6.22. The highest BCUT2D eigenvalue weighted by molar-refractivity contribution is 6.31. The van der Waals surface area contributed by atoms with Crippen molar-refractivity contribution in [2.45, 2.75) is 31.2 Å². The largest absolute Gasteiger partial charge is 0.342 e. The highest BCUT2D eigenvalue weighted by Crippen LogP contribution is 2.50. The van der Waals surface area contributed by atoms with E-state index in [4.69, 9.17) is 11.6 Å². The first-order valence-corrected chi connectivity index (χ1v) is 7.78. The van der Waals surface area contributed by atoms with Gasteiger partial charge < -0.3 is 10.2 Å². The van der Waals surface area contributed by atoms with Crippen LogP contribution in [0.25, 0.3) is 0 Å². The minimum atomic E-state index is 0.134. The van der Waals surface area contributed by atoms with Gasteiger partial charge in [0.05, 0.1) is 0 Å². The maximum absolute atomic E-state index is 12.6. The van der Waals surface area contributed by atoms with E-state index in [1.165, 1.54) is 0 Å². The van der Waals surface area contributed by atoms with Crippen molar-refractivity contribution in [2.75, 3.05) is 20.1 Å². The lowest BCUT2D eigenvalue weighted by Gasteiger charge is -2.32. The van der Waals surface area contributed by atoms with Gasteiger partial charge in [0.1, 0.15) is 0 Å². The Hall–Kier alpha value is -1.06. The fourth-order valence-corrected chi connectivity index (χ4v) is 3.50. The summed E-state index contributed by atoms with van der Waals surface area (Å²) < 4.78 is 0. The minimum Gasteiger partial charge on any atom is -0.342 e. The van der Waals surface area contributed by atoms with Gasteiger partial charge in [-0.25, -0.2) is 0 Å². The number of benzene rings is 1. The predicted octanol–water partition coefficient (Wildman–Crippen LogP) is 2.65. The van der Waals surface area contributed by atoms with Crippen LogP contribution in [0.5, 0.6) is 0 Å². The van der Waals surface area contributed by atoms with Gasteiger partial charge in [-0.2, -0.15) is 0 Å². The lowest BCUT2D eigenvalue weighted by atomic mass is 10.0. The third-order valence-electron chi connectivity index (χ3n) is 4.62. The topological polar surface area (TPSA) is 32.3 Å².